The Labute approximate surface area is 174 Å². The summed E-state index contributed by atoms with van der Waals surface area (Å²) in [5.41, 5.74) is 3.00. The van der Waals surface area contributed by atoms with Crippen molar-refractivity contribution < 1.29 is 9.84 Å². The van der Waals surface area contributed by atoms with Crippen molar-refractivity contribution >= 4 is 10.8 Å². The van der Waals surface area contributed by atoms with Crippen molar-refractivity contribution in [3.05, 3.63) is 66.6 Å². The minimum atomic E-state index is -0.137. The molecule has 0 atom stereocenters. The van der Waals surface area contributed by atoms with Crippen molar-refractivity contribution in [2.45, 2.75) is 25.5 Å². The molecule has 2 aromatic heterocycles. The largest absolute Gasteiger partial charge is 0.424 e. The van der Waals surface area contributed by atoms with Gasteiger partial charge in [-0.2, -0.15) is 5.10 Å². The van der Waals surface area contributed by atoms with Crippen molar-refractivity contribution in [3.8, 4) is 23.0 Å². The van der Waals surface area contributed by atoms with Crippen molar-refractivity contribution in [1.29, 1.82) is 0 Å². The number of nitrogens with zero attached hydrogens (tertiary/aromatic N) is 4. The van der Waals surface area contributed by atoms with Crippen LogP contribution >= 0.6 is 0 Å². The fourth-order valence-corrected chi connectivity index (χ4v) is 3.80. The van der Waals surface area contributed by atoms with Crippen molar-refractivity contribution in [1.82, 2.24) is 25.1 Å². The lowest BCUT2D eigenvalue weighted by Gasteiger charge is -2.29. The van der Waals surface area contributed by atoms with Gasteiger partial charge in [0.05, 0.1) is 11.8 Å². The number of likely N-dealkylation sites (tertiary alicyclic amines) is 1. The van der Waals surface area contributed by atoms with Gasteiger partial charge in [0.1, 0.15) is 5.75 Å². The van der Waals surface area contributed by atoms with Crippen LogP contribution in [-0.2, 0) is 6.54 Å². The molecular formula is C23H23N5O2. The minimum Gasteiger partial charge on any atom is -0.424 e. The maximum absolute atomic E-state index is 9.67. The van der Waals surface area contributed by atoms with E-state index >= 15 is 0 Å². The summed E-state index contributed by atoms with van der Waals surface area (Å²) in [4.78, 5) is 11.0. The first-order chi connectivity index (χ1) is 14.7. The smallest absolute Gasteiger partial charge is 0.321 e. The highest BCUT2D eigenvalue weighted by Crippen LogP contribution is 2.26. The highest BCUT2D eigenvalue weighted by molar-refractivity contribution is 5.84. The SMILES string of the molecule is OC1CCN(Cc2ccc3cc(Oc4ncc(-c5ccn[nH]5)cn4)ccc3c2)CC1. The Morgan fingerprint density at radius 2 is 1.77 bits per heavy atom. The second-order valence-electron chi connectivity index (χ2n) is 7.68. The molecule has 7 nitrogen and oxygen atoms in total. The highest BCUT2D eigenvalue weighted by Gasteiger charge is 2.17. The van der Waals surface area contributed by atoms with E-state index in [2.05, 4.69) is 49.3 Å². The van der Waals surface area contributed by atoms with Gasteiger partial charge in [-0.1, -0.05) is 18.2 Å². The summed E-state index contributed by atoms with van der Waals surface area (Å²) >= 11 is 0. The average Bonchev–Trinajstić information content (AvgIpc) is 3.31. The molecule has 4 aromatic rings. The third kappa shape index (κ3) is 4.17. The van der Waals surface area contributed by atoms with Gasteiger partial charge in [-0.05, 0) is 53.4 Å². The number of fused-ring (bicyclic) bond motifs is 1. The lowest BCUT2D eigenvalue weighted by Crippen LogP contribution is -2.35. The number of hydrogen-bond donors (Lipinski definition) is 2. The fourth-order valence-electron chi connectivity index (χ4n) is 3.80. The van der Waals surface area contributed by atoms with Crippen LogP contribution < -0.4 is 4.74 Å². The van der Waals surface area contributed by atoms with E-state index in [1.54, 1.807) is 18.6 Å². The molecule has 7 heteroatoms. The second-order valence-corrected chi connectivity index (χ2v) is 7.68. The van der Waals surface area contributed by atoms with E-state index in [0.29, 0.717) is 11.8 Å². The van der Waals surface area contributed by atoms with Gasteiger partial charge in [-0.15, -0.1) is 0 Å². The molecule has 0 bridgehead atoms. The molecule has 0 spiro atoms. The van der Waals surface area contributed by atoms with E-state index in [9.17, 15) is 5.11 Å². The highest BCUT2D eigenvalue weighted by atomic mass is 16.5. The molecule has 2 aromatic carbocycles. The van der Waals surface area contributed by atoms with E-state index in [4.69, 9.17) is 4.74 Å². The topological polar surface area (TPSA) is 87.2 Å². The van der Waals surface area contributed by atoms with Gasteiger partial charge in [0.25, 0.3) is 0 Å². The molecule has 1 aliphatic rings. The third-order valence-electron chi connectivity index (χ3n) is 5.49. The zero-order chi connectivity index (χ0) is 20.3. The minimum absolute atomic E-state index is 0.137. The number of aliphatic hydroxyl groups excluding tert-OH is 1. The molecule has 0 amide bonds. The Kier molecular flexibility index (Phi) is 5.13. The molecule has 5 rings (SSSR count). The summed E-state index contributed by atoms with van der Waals surface area (Å²) < 4.78 is 5.84. The lowest BCUT2D eigenvalue weighted by molar-refractivity contribution is 0.0792. The predicted octanol–water partition coefficient (Wildman–Crippen LogP) is 3.77. The molecule has 1 fully saturated rings. The predicted molar refractivity (Wildman–Crippen MR) is 114 cm³/mol. The monoisotopic (exact) mass is 401 g/mol. The number of aromatic amines is 1. The van der Waals surface area contributed by atoms with E-state index in [0.717, 1.165) is 49.1 Å². The van der Waals surface area contributed by atoms with Crippen LogP contribution in [0.25, 0.3) is 22.0 Å². The van der Waals surface area contributed by atoms with Crippen molar-refractivity contribution in [2.24, 2.45) is 0 Å². The molecule has 1 aliphatic heterocycles. The zero-order valence-corrected chi connectivity index (χ0v) is 16.5. The fraction of sp³-hybridized carbons (Fsp3) is 0.261. The van der Waals surface area contributed by atoms with Crippen LogP contribution in [0.5, 0.6) is 11.8 Å². The molecule has 0 unspecified atom stereocenters. The summed E-state index contributed by atoms with van der Waals surface area (Å²) in [6.07, 6.45) is 6.70. The number of rotatable bonds is 5. The standard InChI is InChI=1S/C23H23N5O2/c29-20-6-9-28(10-7-20)15-16-1-2-18-12-21(4-3-17(18)11-16)30-23-24-13-19(14-25-23)22-5-8-26-27-22/h1-5,8,11-14,20,29H,6-7,9-10,15H2,(H,26,27). The zero-order valence-electron chi connectivity index (χ0n) is 16.5. The summed E-state index contributed by atoms with van der Waals surface area (Å²) in [5.74, 6) is 0.703. The Balaban J connectivity index is 1.28. The number of ether oxygens (including phenoxy) is 1. The molecular weight excluding hydrogens is 378 g/mol. The Morgan fingerprint density at radius 3 is 2.53 bits per heavy atom. The quantitative estimate of drug-likeness (QED) is 0.529. The molecule has 1 saturated heterocycles. The van der Waals surface area contributed by atoms with E-state index in [1.165, 1.54) is 10.9 Å². The Morgan fingerprint density at radius 1 is 1.00 bits per heavy atom. The number of H-pyrrole nitrogens is 1. The van der Waals surface area contributed by atoms with Crippen molar-refractivity contribution in [3.63, 3.8) is 0 Å². The molecule has 3 heterocycles. The number of hydrogen-bond acceptors (Lipinski definition) is 6. The third-order valence-corrected chi connectivity index (χ3v) is 5.49. The Bertz CT molecular complexity index is 1120. The molecule has 0 radical (unpaired) electrons. The first kappa shape index (κ1) is 18.7. The average molecular weight is 401 g/mol. The summed E-state index contributed by atoms with van der Waals surface area (Å²) in [5, 5.41) is 18.8. The molecule has 152 valence electrons. The van der Waals surface area contributed by atoms with Crippen LogP contribution in [0.2, 0.25) is 0 Å². The Hall–Kier alpha value is -3.29. The van der Waals surface area contributed by atoms with Crippen molar-refractivity contribution in [2.75, 3.05) is 13.1 Å². The maximum Gasteiger partial charge on any atom is 0.321 e. The first-order valence-electron chi connectivity index (χ1n) is 10.2. The van der Waals surface area contributed by atoms with Crippen LogP contribution in [-0.4, -0.2) is 49.4 Å². The van der Waals surface area contributed by atoms with Gasteiger partial charge in [0.2, 0.25) is 0 Å². The summed E-state index contributed by atoms with van der Waals surface area (Å²) in [6.45, 7) is 2.81. The number of piperidine rings is 1. The van der Waals surface area contributed by atoms with Gasteiger partial charge >= 0.3 is 6.01 Å². The van der Waals surface area contributed by atoms with Crippen LogP contribution in [0.15, 0.2) is 61.1 Å². The van der Waals surface area contributed by atoms with Crippen LogP contribution in [0.1, 0.15) is 18.4 Å². The maximum atomic E-state index is 9.67. The molecule has 30 heavy (non-hydrogen) atoms. The van der Waals surface area contributed by atoms with Crippen LogP contribution in [0.4, 0.5) is 0 Å². The van der Waals surface area contributed by atoms with Gasteiger partial charge in [-0.25, -0.2) is 9.97 Å². The summed E-state index contributed by atoms with van der Waals surface area (Å²) in [7, 11) is 0. The number of aromatic nitrogens is 4. The number of aliphatic hydroxyl groups is 1. The van der Waals surface area contributed by atoms with E-state index in [1.807, 2.05) is 18.2 Å². The molecule has 0 saturated carbocycles. The lowest BCUT2D eigenvalue weighted by atomic mass is 10.0. The van der Waals surface area contributed by atoms with Gasteiger partial charge < -0.3 is 9.84 Å². The summed E-state index contributed by atoms with van der Waals surface area (Å²) in [6, 6.07) is 14.7. The normalized spacial score (nSPS) is 15.5. The molecule has 0 aliphatic carbocycles. The van der Waals surface area contributed by atoms with Crippen LogP contribution in [0.3, 0.4) is 0 Å². The van der Waals surface area contributed by atoms with E-state index in [-0.39, 0.29) is 6.10 Å². The second kappa shape index (κ2) is 8.22. The van der Waals surface area contributed by atoms with Gasteiger partial charge in [0.15, 0.2) is 0 Å². The van der Waals surface area contributed by atoms with E-state index < -0.39 is 0 Å². The van der Waals surface area contributed by atoms with Gasteiger partial charge in [-0.3, -0.25) is 10.00 Å². The number of benzene rings is 2. The number of nitrogens with one attached hydrogen (secondary N) is 1. The molecule has 2 N–H and O–H groups in total. The van der Waals surface area contributed by atoms with Gasteiger partial charge in [0, 0.05) is 43.8 Å². The van der Waals surface area contributed by atoms with Crippen LogP contribution in [0, 0.1) is 0 Å². The first-order valence-corrected chi connectivity index (χ1v) is 10.2.